The summed E-state index contributed by atoms with van der Waals surface area (Å²) in [6.07, 6.45) is 3.54. The monoisotopic (exact) mass is 265 g/mol. The molecule has 1 unspecified atom stereocenters. The van der Waals surface area contributed by atoms with E-state index >= 15 is 0 Å². The molecule has 0 saturated heterocycles. The fourth-order valence-corrected chi connectivity index (χ4v) is 1.88. The third kappa shape index (κ3) is 3.92. The van der Waals surface area contributed by atoms with Gasteiger partial charge in [-0.05, 0) is 23.3 Å². The fourth-order valence-electron chi connectivity index (χ4n) is 1.88. The van der Waals surface area contributed by atoms with E-state index in [0.717, 1.165) is 11.1 Å². The highest BCUT2D eigenvalue weighted by molar-refractivity contribution is 5.77. The van der Waals surface area contributed by atoms with Crippen LogP contribution in [0.4, 0.5) is 0 Å². The van der Waals surface area contributed by atoms with Gasteiger partial charge in [-0.3, -0.25) is 9.78 Å². The molecule has 1 amide bonds. The molecule has 4 heteroatoms. The second-order valence-corrected chi connectivity index (χ2v) is 4.43. The second-order valence-electron chi connectivity index (χ2n) is 4.43. The van der Waals surface area contributed by atoms with Crippen molar-refractivity contribution in [3.05, 3.63) is 66.0 Å². The normalized spacial score (nSPS) is 11.3. The first-order valence-electron chi connectivity index (χ1n) is 6.40. The Labute approximate surface area is 118 Å². The predicted octanol–water partition coefficient (Wildman–Crippen LogP) is 2.40. The topological polar surface area (TPSA) is 65.8 Å². The molecular weight excluding hydrogens is 250 g/mol. The first-order valence-corrected chi connectivity index (χ1v) is 6.40. The Hall–Kier alpha value is -2.67. The molecule has 0 bridgehead atoms. The van der Waals surface area contributed by atoms with E-state index < -0.39 is 5.92 Å². The van der Waals surface area contributed by atoms with Gasteiger partial charge in [0.25, 0.3) is 0 Å². The maximum atomic E-state index is 11.9. The highest BCUT2D eigenvalue weighted by Gasteiger charge is 2.14. The van der Waals surface area contributed by atoms with E-state index in [1.54, 1.807) is 12.4 Å². The highest BCUT2D eigenvalue weighted by Crippen LogP contribution is 2.18. The van der Waals surface area contributed by atoms with Crippen molar-refractivity contribution >= 4 is 5.91 Å². The summed E-state index contributed by atoms with van der Waals surface area (Å²) in [6, 6.07) is 15.2. The Bertz CT molecular complexity index is 590. The van der Waals surface area contributed by atoms with E-state index in [9.17, 15) is 10.1 Å². The van der Waals surface area contributed by atoms with E-state index in [4.69, 9.17) is 0 Å². The van der Waals surface area contributed by atoms with Gasteiger partial charge in [-0.1, -0.05) is 30.3 Å². The van der Waals surface area contributed by atoms with Crippen LogP contribution in [0.3, 0.4) is 0 Å². The second kappa shape index (κ2) is 7.05. The minimum atomic E-state index is -0.409. The largest absolute Gasteiger partial charge is 0.352 e. The van der Waals surface area contributed by atoms with Crippen LogP contribution in [0.1, 0.15) is 23.5 Å². The Morgan fingerprint density at radius 3 is 2.55 bits per heavy atom. The molecule has 0 aliphatic carbocycles. The van der Waals surface area contributed by atoms with Crippen LogP contribution >= 0.6 is 0 Å². The van der Waals surface area contributed by atoms with E-state index in [-0.39, 0.29) is 12.3 Å². The van der Waals surface area contributed by atoms with Gasteiger partial charge in [-0.2, -0.15) is 5.26 Å². The molecule has 4 nitrogen and oxygen atoms in total. The van der Waals surface area contributed by atoms with E-state index in [2.05, 4.69) is 16.4 Å². The van der Waals surface area contributed by atoms with Crippen molar-refractivity contribution in [3.63, 3.8) is 0 Å². The fraction of sp³-hybridized carbons (Fsp3) is 0.188. The first-order chi connectivity index (χ1) is 9.79. The maximum Gasteiger partial charge on any atom is 0.221 e. The molecule has 1 aromatic heterocycles. The van der Waals surface area contributed by atoms with Crippen molar-refractivity contribution in [1.82, 2.24) is 10.3 Å². The van der Waals surface area contributed by atoms with E-state index in [1.165, 1.54) is 0 Å². The summed E-state index contributed by atoms with van der Waals surface area (Å²) >= 11 is 0. The van der Waals surface area contributed by atoms with Gasteiger partial charge in [0, 0.05) is 25.4 Å². The van der Waals surface area contributed by atoms with Gasteiger partial charge in [0.15, 0.2) is 0 Å². The molecule has 1 aromatic carbocycles. The molecule has 20 heavy (non-hydrogen) atoms. The third-order valence-corrected chi connectivity index (χ3v) is 2.99. The molecule has 2 aromatic rings. The van der Waals surface area contributed by atoms with Gasteiger partial charge in [0.05, 0.1) is 12.0 Å². The quantitative estimate of drug-likeness (QED) is 0.902. The number of pyridine rings is 1. The SMILES string of the molecule is N#CC(CC(=O)NCc1ccncc1)c1ccccc1. The van der Waals surface area contributed by atoms with Crippen LogP contribution in [0.5, 0.6) is 0 Å². The summed E-state index contributed by atoms with van der Waals surface area (Å²) in [5.41, 5.74) is 1.86. The summed E-state index contributed by atoms with van der Waals surface area (Å²) in [5, 5.41) is 12.0. The molecule has 0 radical (unpaired) electrons. The zero-order chi connectivity index (χ0) is 14.2. The Morgan fingerprint density at radius 1 is 1.20 bits per heavy atom. The molecule has 0 aliphatic heterocycles. The number of nitrogens with one attached hydrogen (secondary N) is 1. The average Bonchev–Trinajstić information content (AvgIpc) is 2.52. The van der Waals surface area contributed by atoms with E-state index in [0.29, 0.717) is 6.54 Å². The highest BCUT2D eigenvalue weighted by atomic mass is 16.1. The molecule has 0 fully saturated rings. The van der Waals surface area contributed by atoms with Crippen LogP contribution in [0.2, 0.25) is 0 Å². The Balaban J connectivity index is 1.89. The average molecular weight is 265 g/mol. The van der Waals surface area contributed by atoms with Crippen LogP contribution in [0, 0.1) is 11.3 Å². The van der Waals surface area contributed by atoms with E-state index in [1.807, 2.05) is 42.5 Å². The lowest BCUT2D eigenvalue weighted by Crippen LogP contribution is -2.24. The van der Waals surface area contributed by atoms with Crippen LogP contribution in [-0.2, 0) is 11.3 Å². The Morgan fingerprint density at radius 2 is 1.90 bits per heavy atom. The maximum absolute atomic E-state index is 11.9. The minimum Gasteiger partial charge on any atom is -0.352 e. The number of hydrogen-bond donors (Lipinski definition) is 1. The lowest BCUT2D eigenvalue weighted by molar-refractivity contribution is -0.121. The van der Waals surface area contributed by atoms with Gasteiger partial charge < -0.3 is 5.32 Å². The number of benzene rings is 1. The lowest BCUT2D eigenvalue weighted by atomic mass is 9.97. The predicted molar refractivity (Wildman–Crippen MR) is 75.5 cm³/mol. The van der Waals surface area contributed by atoms with Crippen molar-refractivity contribution in [2.75, 3.05) is 0 Å². The zero-order valence-corrected chi connectivity index (χ0v) is 11.0. The molecule has 100 valence electrons. The van der Waals surface area contributed by atoms with Gasteiger partial charge in [0.2, 0.25) is 5.91 Å². The zero-order valence-electron chi connectivity index (χ0n) is 11.0. The molecule has 0 spiro atoms. The number of rotatable bonds is 5. The molecule has 1 heterocycles. The number of nitrogens with zero attached hydrogens (tertiary/aromatic N) is 2. The van der Waals surface area contributed by atoms with Gasteiger partial charge in [0.1, 0.15) is 0 Å². The van der Waals surface area contributed by atoms with Crippen LogP contribution in [0.15, 0.2) is 54.9 Å². The molecule has 0 saturated carbocycles. The number of nitriles is 1. The summed E-state index contributed by atoms with van der Waals surface area (Å²) in [5.74, 6) is -0.536. The molecular formula is C16H15N3O. The van der Waals surface area contributed by atoms with Crippen molar-refractivity contribution in [1.29, 1.82) is 5.26 Å². The smallest absolute Gasteiger partial charge is 0.221 e. The van der Waals surface area contributed by atoms with Gasteiger partial charge in [-0.15, -0.1) is 0 Å². The summed E-state index contributed by atoms with van der Waals surface area (Å²) in [6.45, 7) is 0.453. The standard InChI is InChI=1S/C16H15N3O/c17-11-15(14-4-2-1-3-5-14)10-16(20)19-12-13-6-8-18-9-7-13/h1-9,15H,10,12H2,(H,19,20). The summed E-state index contributed by atoms with van der Waals surface area (Å²) in [4.78, 5) is 15.8. The number of aromatic nitrogens is 1. The molecule has 2 rings (SSSR count). The number of carbonyl (C=O) groups is 1. The van der Waals surface area contributed by atoms with Gasteiger partial charge >= 0.3 is 0 Å². The number of hydrogen-bond acceptors (Lipinski definition) is 3. The number of amides is 1. The van der Waals surface area contributed by atoms with Crippen molar-refractivity contribution in [2.45, 2.75) is 18.9 Å². The number of carbonyl (C=O) groups excluding carboxylic acids is 1. The Kier molecular flexibility index (Phi) is 4.85. The lowest BCUT2D eigenvalue weighted by Gasteiger charge is -2.10. The minimum absolute atomic E-state index is 0.128. The van der Waals surface area contributed by atoms with Crippen LogP contribution in [-0.4, -0.2) is 10.9 Å². The van der Waals surface area contributed by atoms with Crippen LogP contribution < -0.4 is 5.32 Å². The molecule has 0 aliphatic rings. The van der Waals surface area contributed by atoms with Crippen molar-refractivity contribution in [2.24, 2.45) is 0 Å². The summed E-state index contributed by atoms with van der Waals surface area (Å²) < 4.78 is 0. The van der Waals surface area contributed by atoms with Crippen molar-refractivity contribution < 1.29 is 4.79 Å². The summed E-state index contributed by atoms with van der Waals surface area (Å²) in [7, 11) is 0. The molecule has 1 atom stereocenters. The molecule has 1 N–H and O–H groups in total. The third-order valence-electron chi connectivity index (χ3n) is 2.99. The van der Waals surface area contributed by atoms with Crippen molar-refractivity contribution in [3.8, 4) is 6.07 Å². The first kappa shape index (κ1) is 13.8. The van der Waals surface area contributed by atoms with Crippen LogP contribution in [0.25, 0.3) is 0 Å². The van der Waals surface area contributed by atoms with Gasteiger partial charge in [-0.25, -0.2) is 0 Å².